The summed E-state index contributed by atoms with van der Waals surface area (Å²) in [6.07, 6.45) is 1.37. The molecular formula is C19H25N3O3. The maximum absolute atomic E-state index is 12.4. The maximum atomic E-state index is 12.4. The zero-order valence-corrected chi connectivity index (χ0v) is 15.0. The second-order valence-electron chi connectivity index (χ2n) is 7.00. The van der Waals surface area contributed by atoms with Gasteiger partial charge in [-0.2, -0.15) is 0 Å². The van der Waals surface area contributed by atoms with Crippen molar-refractivity contribution in [3.05, 3.63) is 34.5 Å². The zero-order chi connectivity index (χ0) is 18.1. The Balaban J connectivity index is 1.73. The molecule has 1 unspecified atom stereocenters. The van der Waals surface area contributed by atoms with E-state index < -0.39 is 11.9 Å². The first-order chi connectivity index (χ1) is 11.9. The van der Waals surface area contributed by atoms with Gasteiger partial charge in [-0.1, -0.05) is 11.6 Å². The van der Waals surface area contributed by atoms with Gasteiger partial charge in [0.15, 0.2) is 0 Å². The number of aromatic amines is 1. The van der Waals surface area contributed by atoms with E-state index in [1.807, 2.05) is 6.92 Å². The molecule has 1 aliphatic heterocycles. The normalized spacial score (nSPS) is 17.7. The van der Waals surface area contributed by atoms with Crippen LogP contribution in [-0.4, -0.2) is 40.1 Å². The number of carbonyl (C=O) groups is 2. The van der Waals surface area contributed by atoms with Gasteiger partial charge >= 0.3 is 12.0 Å². The zero-order valence-electron chi connectivity index (χ0n) is 15.0. The van der Waals surface area contributed by atoms with Crippen molar-refractivity contribution in [1.29, 1.82) is 0 Å². The van der Waals surface area contributed by atoms with Gasteiger partial charge in [-0.05, 0) is 50.8 Å². The number of benzene rings is 1. The van der Waals surface area contributed by atoms with Gasteiger partial charge in [0.1, 0.15) is 0 Å². The molecule has 0 bridgehead atoms. The first-order valence-corrected chi connectivity index (χ1v) is 8.70. The number of carbonyl (C=O) groups excluding carboxylic acids is 1. The van der Waals surface area contributed by atoms with Gasteiger partial charge in [-0.25, -0.2) is 4.79 Å². The van der Waals surface area contributed by atoms with Crippen LogP contribution in [-0.2, 0) is 11.3 Å². The summed E-state index contributed by atoms with van der Waals surface area (Å²) in [6.45, 7) is 7.51. The number of piperidine rings is 1. The number of aliphatic carboxylic acids is 1. The van der Waals surface area contributed by atoms with Crippen LogP contribution in [0.15, 0.2) is 12.1 Å². The van der Waals surface area contributed by atoms with E-state index in [9.17, 15) is 9.59 Å². The van der Waals surface area contributed by atoms with Gasteiger partial charge in [0.25, 0.3) is 0 Å². The first-order valence-electron chi connectivity index (χ1n) is 8.70. The van der Waals surface area contributed by atoms with E-state index in [2.05, 4.69) is 36.3 Å². The number of nitrogens with one attached hydrogen (secondary N) is 2. The molecule has 2 heterocycles. The van der Waals surface area contributed by atoms with Gasteiger partial charge in [0, 0.05) is 30.7 Å². The summed E-state index contributed by atoms with van der Waals surface area (Å²) in [6, 6.07) is 4.04. The molecule has 3 rings (SSSR count). The van der Waals surface area contributed by atoms with Crippen molar-refractivity contribution < 1.29 is 14.7 Å². The molecule has 1 aliphatic rings. The minimum absolute atomic E-state index is 0.194. The van der Waals surface area contributed by atoms with Crippen LogP contribution in [0.1, 0.15) is 35.2 Å². The van der Waals surface area contributed by atoms with Crippen LogP contribution in [0.4, 0.5) is 4.79 Å². The van der Waals surface area contributed by atoms with Gasteiger partial charge in [-0.15, -0.1) is 0 Å². The van der Waals surface area contributed by atoms with Crippen LogP contribution < -0.4 is 5.32 Å². The molecule has 0 aliphatic carbocycles. The number of fused-ring (bicyclic) bond motifs is 1. The lowest BCUT2D eigenvalue weighted by Gasteiger charge is -2.30. The minimum atomic E-state index is -0.824. The second-order valence-corrected chi connectivity index (χ2v) is 7.00. The molecule has 2 aromatic rings. The molecule has 3 N–H and O–H groups in total. The van der Waals surface area contributed by atoms with E-state index in [1.54, 1.807) is 4.90 Å². The summed E-state index contributed by atoms with van der Waals surface area (Å²) in [7, 11) is 0. The Hall–Kier alpha value is -2.50. The van der Waals surface area contributed by atoms with Gasteiger partial charge in [0.2, 0.25) is 0 Å². The van der Waals surface area contributed by atoms with E-state index in [4.69, 9.17) is 5.11 Å². The fourth-order valence-corrected chi connectivity index (χ4v) is 3.57. The molecule has 0 radical (unpaired) electrons. The van der Waals surface area contributed by atoms with Crippen LogP contribution in [0.3, 0.4) is 0 Å². The molecule has 134 valence electrons. The number of aryl methyl sites for hydroxylation is 3. The second kappa shape index (κ2) is 6.78. The molecule has 1 aromatic heterocycles. The van der Waals surface area contributed by atoms with E-state index >= 15 is 0 Å². The number of rotatable bonds is 3. The van der Waals surface area contributed by atoms with E-state index in [0.717, 1.165) is 28.8 Å². The number of hydrogen-bond donors (Lipinski definition) is 3. The number of H-pyrrole nitrogens is 1. The first kappa shape index (κ1) is 17.3. The monoisotopic (exact) mass is 343 g/mol. The molecule has 1 atom stereocenters. The molecule has 1 fully saturated rings. The fraction of sp³-hybridized carbons (Fsp3) is 0.474. The summed E-state index contributed by atoms with van der Waals surface area (Å²) in [5.41, 5.74) is 5.62. The maximum Gasteiger partial charge on any atom is 0.317 e. The SMILES string of the molecule is Cc1cc(CNC(=O)N2CCCC(C(=O)O)C2)c2[nH]c(C)c(C)c2c1. The van der Waals surface area contributed by atoms with Gasteiger partial charge < -0.3 is 20.3 Å². The fourth-order valence-electron chi connectivity index (χ4n) is 3.57. The minimum Gasteiger partial charge on any atom is -0.481 e. The highest BCUT2D eigenvalue weighted by Gasteiger charge is 2.28. The number of likely N-dealkylation sites (tertiary alicyclic amines) is 1. The van der Waals surface area contributed by atoms with E-state index in [1.165, 1.54) is 10.9 Å². The number of carboxylic acids is 1. The highest BCUT2D eigenvalue weighted by Crippen LogP contribution is 2.26. The topological polar surface area (TPSA) is 85.4 Å². The van der Waals surface area contributed by atoms with Crippen LogP contribution >= 0.6 is 0 Å². The number of amides is 2. The number of urea groups is 1. The molecule has 0 spiro atoms. The lowest BCUT2D eigenvalue weighted by Crippen LogP contribution is -2.46. The van der Waals surface area contributed by atoms with E-state index in [0.29, 0.717) is 19.5 Å². The Kier molecular flexibility index (Phi) is 4.70. The molecule has 1 saturated heterocycles. The third-order valence-corrected chi connectivity index (χ3v) is 5.13. The Morgan fingerprint density at radius 3 is 2.80 bits per heavy atom. The molecule has 2 amide bonds. The summed E-state index contributed by atoms with van der Waals surface area (Å²) in [5, 5.41) is 13.3. The molecule has 1 aromatic carbocycles. The predicted molar refractivity (Wildman–Crippen MR) is 96.7 cm³/mol. The number of aromatic nitrogens is 1. The lowest BCUT2D eigenvalue weighted by atomic mass is 9.99. The summed E-state index contributed by atoms with van der Waals surface area (Å²) in [4.78, 5) is 28.6. The third kappa shape index (κ3) is 3.48. The highest BCUT2D eigenvalue weighted by molar-refractivity contribution is 5.88. The van der Waals surface area contributed by atoms with Crippen LogP contribution in [0, 0.1) is 26.7 Å². The van der Waals surface area contributed by atoms with Crippen molar-refractivity contribution in [2.75, 3.05) is 13.1 Å². The van der Waals surface area contributed by atoms with Crippen molar-refractivity contribution >= 4 is 22.9 Å². The summed E-state index contributed by atoms with van der Waals surface area (Å²) < 4.78 is 0. The van der Waals surface area contributed by atoms with Crippen molar-refractivity contribution in [2.24, 2.45) is 5.92 Å². The number of nitrogens with zero attached hydrogens (tertiary/aromatic N) is 1. The van der Waals surface area contributed by atoms with Crippen molar-refractivity contribution in [1.82, 2.24) is 15.2 Å². The van der Waals surface area contributed by atoms with E-state index in [-0.39, 0.29) is 12.6 Å². The van der Waals surface area contributed by atoms with Crippen molar-refractivity contribution in [3.63, 3.8) is 0 Å². The average molecular weight is 343 g/mol. The molecular weight excluding hydrogens is 318 g/mol. The van der Waals surface area contributed by atoms with Gasteiger partial charge in [0.05, 0.1) is 11.4 Å². The molecule has 0 saturated carbocycles. The van der Waals surface area contributed by atoms with Crippen molar-refractivity contribution in [2.45, 2.75) is 40.2 Å². The molecule has 6 heteroatoms. The molecule has 6 nitrogen and oxygen atoms in total. The van der Waals surface area contributed by atoms with Crippen LogP contribution in [0.25, 0.3) is 10.9 Å². The predicted octanol–water partition coefficient (Wildman–Crippen LogP) is 3.10. The van der Waals surface area contributed by atoms with Gasteiger partial charge in [-0.3, -0.25) is 4.79 Å². The average Bonchev–Trinajstić information content (AvgIpc) is 2.87. The Labute approximate surface area is 147 Å². The largest absolute Gasteiger partial charge is 0.481 e. The third-order valence-electron chi connectivity index (χ3n) is 5.13. The summed E-state index contributed by atoms with van der Waals surface area (Å²) in [5.74, 6) is -1.28. The number of carboxylic acid groups (broad SMARTS) is 1. The molecule has 25 heavy (non-hydrogen) atoms. The smallest absolute Gasteiger partial charge is 0.317 e. The summed E-state index contributed by atoms with van der Waals surface area (Å²) >= 11 is 0. The standard InChI is InChI=1S/C19H25N3O3/c1-11-7-15(17-16(8-11)12(2)13(3)21-17)9-20-19(25)22-6-4-5-14(10-22)18(23)24/h7-8,14,21H,4-6,9-10H2,1-3H3,(H,20,25)(H,23,24). The highest BCUT2D eigenvalue weighted by atomic mass is 16.4. The van der Waals surface area contributed by atoms with Crippen LogP contribution in [0.2, 0.25) is 0 Å². The lowest BCUT2D eigenvalue weighted by molar-refractivity contribution is -0.143. The van der Waals surface area contributed by atoms with Crippen molar-refractivity contribution in [3.8, 4) is 0 Å². The van der Waals surface area contributed by atoms with Crippen LogP contribution in [0.5, 0.6) is 0 Å². The Bertz CT molecular complexity index is 825. The number of hydrogen-bond acceptors (Lipinski definition) is 2. The Morgan fingerprint density at radius 1 is 1.32 bits per heavy atom. The quantitative estimate of drug-likeness (QED) is 0.800. The Morgan fingerprint density at radius 2 is 2.08 bits per heavy atom.